The molecule has 0 radical (unpaired) electrons. The third kappa shape index (κ3) is 5.06. The Morgan fingerprint density at radius 2 is 2.24 bits per heavy atom. The summed E-state index contributed by atoms with van der Waals surface area (Å²) in [5, 5.41) is 3.23. The van der Waals surface area contributed by atoms with Gasteiger partial charge in [0.15, 0.2) is 6.61 Å². The highest BCUT2D eigenvalue weighted by Gasteiger charge is 2.06. The van der Waals surface area contributed by atoms with Crippen LogP contribution in [0.25, 0.3) is 0 Å². The van der Waals surface area contributed by atoms with Crippen LogP contribution in [0.4, 0.5) is 0 Å². The Labute approximate surface area is 106 Å². The molecule has 0 saturated carbocycles. The average molecular weight is 257 g/mol. The molecule has 0 bridgehead atoms. The summed E-state index contributed by atoms with van der Waals surface area (Å²) >= 11 is 5.88. The van der Waals surface area contributed by atoms with Crippen molar-refractivity contribution < 1.29 is 9.53 Å². The smallest absolute Gasteiger partial charge is 0.257 e. The van der Waals surface area contributed by atoms with Crippen molar-refractivity contribution in [3.63, 3.8) is 0 Å². The molecule has 5 heteroatoms. The van der Waals surface area contributed by atoms with E-state index in [9.17, 15) is 4.79 Å². The molecule has 0 aliphatic heterocycles. The summed E-state index contributed by atoms with van der Waals surface area (Å²) in [6.07, 6.45) is 0. The number of halogens is 1. The fraction of sp³-hybridized carbons (Fsp3) is 0.417. The Hall–Kier alpha value is -1.26. The summed E-state index contributed by atoms with van der Waals surface area (Å²) in [6, 6.07) is 7.04. The molecule has 94 valence electrons. The summed E-state index contributed by atoms with van der Waals surface area (Å²) < 4.78 is 5.29. The van der Waals surface area contributed by atoms with Gasteiger partial charge in [0.05, 0.1) is 5.02 Å². The lowest BCUT2D eigenvalue weighted by atomic mass is 10.2. The first kappa shape index (κ1) is 13.8. The van der Waals surface area contributed by atoms with Gasteiger partial charge in [0, 0.05) is 6.54 Å². The van der Waals surface area contributed by atoms with Crippen LogP contribution in [0.2, 0.25) is 5.02 Å². The normalized spacial score (nSPS) is 11.9. The Morgan fingerprint density at radius 3 is 2.88 bits per heavy atom. The van der Waals surface area contributed by atoms with Crippen molar-refractivity contribution in [2.45, 2.75) is 6.92 Å². The molecule has 0 saturated heterocycles. The van der Waals surface area contributed by atoms with Gasteiger partial charge in [0.2, 0.25) is 0 Å². The first-order chi connectivity index (χ1) is 8.13. The van der Waals surface area contributed by atoms with E-state index in [1.54, 1.807) is 24.3 Å². The van der Waals surface area contributed by atoms with Crippen LogP contribution in [-0.2, 0) is 4.79 Å². The number of carbonyl (C=O) groups excluding carboxylic acids is 1. The number of para-hydroxylation sites is 1. The zero-order valence-corrected chi connectivity index (χ0v) is 10.5. The molecule has 1 atom stereocenters. The first-order valence-electron chi connectivity index (χ1n) is 5.47. The Kier molecular flexibility index (Phi) is 5.80. The molecule has 3 N–H and O–H groups in total. The number of hydrogen-bond donors (Lipinski definition) is 2. The van der Waals surface area contributed by atoms with Gasteiger partial charge >= 0.3 is 0 Å². The van der Waals surface area contributed by atoms with E-state index >= 15 is 0 Å². The zero-order valence-electron chi connectivity index (χ0n) is 9.78. The van der Waals surface area contributed by atoms with E-state index in [1.165, 1.54) is 0 Å². The van der Waals surface area contributed by atoms with E-state index < -0.39 is 0 Å². The van der Waals surface area contributed by atoms with Crippen LogP contribution >= 0.6 is 11.6 Å². The van der Waals surface area contributed by atoms with Crippen LogP contribution in [0.3, 0.4) is 0 Å². The van der Waals surface area contributed by atoms with E-state index in [-0.39, 0.29) is 18.4 Å². The van der Waals surface area contributed by atoms with Gasteiger partial charge in [-0.2, -0.15) is 0 Å². The van der Waals surface area contributed by atoms with Crippen molar-refractivity contribution >= 4 is 17.5 Å². The molecule has 1 amide bonds. The fourth-order valence-electron chi connectivity index (χ4n) is 1.13. The molecule has 4 nitrogen and oxygen atoms in total. The minimum Gasteiger partial charge on any atom is -0.482 e. The lowest BCUT2D eigenvalue weighted by Crippen LogP contribution is -2.34. The van der Waals surface area contributed by atoms with Crippen molar-refractivity contribution in [2.75, 3.05) is 19.7 Å². The largest absolute Gasteiger partial charge is 0.482 e. The number of rotatable bonds is 6. The van der Waals surface area contributed by atoms with Crippen LogP contribution in [0.1, 0.15) is 6.92 Å². The quantitative estimate of drug-likeness (QED) is 0.809. The first-order valence-corrected chi connectivity index (χ1v) is 5.85. The second kappa shape index (κ2) is 7.14. The van der Waals surface area contributed by atoms with Crippen LogP contribution in [0.15, 0.2) is 24.3 Å². The van der Waals surface area contributed by atoms with Crippen LogP contribution in [0.5, 0.6) is 5.75 Å². The van der Waals surface area contributed by atoms with Gasteiger partial charge in [-0.1, -0.05) is 30.7 Å². The Morgan fingerprint density at radius 1 is 1.53 bits per heavy atom. The topological polar surface area (TPSA) is 64.3 Å². The van der Waals surface area contributed by atoms with Crippen molar-refractivity contribution in [2.24, 2.45) is 11.7 Å². The number of carbonyl (C=O) groups is 1. The second-order valence-corrected chi connectivity index (χ2v) is 4.27. The van der Waals surface area contributed by atoms with Crippen molar-refractivity contribution in [3.8, 4) is 5.75 Å². The molecule has 1 unspecified atom stereocenters. The highest BCUT2D eigenvalue weighted by atomic mass is 35.5. The van der Waals surface area contributed by atoms with E-state index in [0.717, 1.165) is 0 Å². The van der Waals surface area contributed by atoms with Gasteiger partial charge in [-0.15, -0.1) is 0 Å². The molecule has 17 heavy (non-hydrogen) atoms. The summed E-state index contributed by atoms with van der Waals surface area (Å²) in [7, 11) is 0. The molecular formula is C12H17ClN2O2. The monoisotopic (exact) mass is 256 g/mol. The van der Waals surface area contributed by atoms with Crippen LogP contribution < -0.4 is 15.8 Å². The molecule has 0 heterocycles. The van der Waals surface area contributed by atoms with Crippen LogP contribution in [0, 0.1) is 5.92 Å². The third-order valence-corrected chi connectivity index (χ3v) is 2.56. The lowest BCUT2D eigenvalue weighted by molar-refractivity contribution is -0.123. The molecule has 1 aromatic rings. The third-order valence-electron chi connectivity index (χ3n) is 2.25. The van der Waals surface area contributed by atoms with Crippen molar-refractivity contribution in [1.82, 2.24) is 5.32 Å². The molecular weight excluding hydrogens is 240 g/mol. The molecule has 0 fully saturated rings. The maximum atomic E-state index is 11.4. The number of nitrogens with one attached hydrogen (secondary N) is 1. The predicted molar refractivity (Wildman–Crippen MR) is 68.2 cm³/mol. The molecule has 0 aliphatic rings. The standard InChI is InChI=1S/C12H17ClN2O2/c1-9(6-14)7-15-12(16)8-17-11-5-3-2-4-10(11)13/h2-5,9H,6-8,14H2,1H3,(H,15,16). The highest BCUT2D eigenvalue weighted by molar-refractivity contribution is 6.32. The molecule has 0 aromatic heterocycles. The molecule has 0 spiro atoms. The minimum atomic E-state index is -0.176. The van der Waals surface area contributed by atoms with Gasteiger partial charge in [0.1, 0.15) is 5.75 Å². The second-order valence-electron chi connectivity index (χ2n) is 3.86. The minimum absolute atomic E-state index is 0.0407. The highest BCUT2D eigenvalue weighted by Crippen LogP contribution is 2.22. The molecule has 0 aliphatic carbocycles. The summed E-state index contributed by atoms with van der Waals surface area (Å²) in [5.41, 5.74) is 5.44. The van der Waals surface area contributed by atoms with E-state index in [2.05, 4.69) is 5.32 Å². The van der Waals surface area contributed by atoms with Crippen LogP contribution in [-0.4, -0.2) is 25.6 Å². The van der Waals surface area contributed by atoms with Gasteiger partial charge in [-0.05, 0) is 24.6 Å². The summed E-state index contributed by atoms with van der Waals surface area (Å²) in [4.78, 5) is 11.4. The Bertz CT molecular complexity index is 371. The molecule has 1 aromatic carbocycles. The van der Waals surface area contributed by atoms with E-state index in [0.29, 0.717) is 23.9 Å². The number of hydrogen-bond acceptors (Lipinski definition) is 3. The lowest BCUT2D eigenvalue weighted by Gasteiger charge is -2.11. The van der Waals surface area contributed by atoms with Gasteiger partial charge in [0.25, 0.3) is 5.91 Å². The number of amides is 1. The van der Waals surface area contributed by atoms with Crippen molar-refractivity contribution in [3.05, 3.63) is 29.3 Å². The summed E-state index contributed by atoms with van der Waals surface area (Å²) in [6.45, 7) is 3.03. The fourth-order valence-corrected chi connectivity index (χ4v) is 1.32. The van der Waals surface area contributed by atoms with E-state index in [4.69, 9.17) is 22.1 Å². The SMILES string of the molecule is CC(CN)CNC(=O)COc1ccccc1Cl. The van der Waals surface area contributed by atoms with Gasteiger partial charge in [-0.3, -0.25) is 4.79 Å². The predicted octanol–water partition coefficient (Wildman–Crippen LogP) is 1.43. The Balaban J connectivity index is 2.31. The van der Waals surface area contributed by atoms with Crippen molar-refractivity contribution in [1.29, 1.82) is 0 Å². The number of benzene rings is 1. The average Bonchev–Trinajstić information content (AvgIpc) is 2.35. The number of nitrogens with two attached hydrogens (primary N) is 1. The maximum absolute atomic E-state index is 11.4. The molecule has 1 rings (SSSR count). The maximum Gasteiger partial charge on any atom is 0.257 e. The zero-order chi connectivity index (χ0) is 12.7. The van der Waals surface area contributed by atoms with E-state index in [1.807, 2.05) is 6.92 Å². The number of ether oxygens (including phenoxy) is 1. The summed E-state index contributed by atoms with van der Waals surface area (Å²) in [5.74, 6) is 0.598. The van der Waals surface area contributed by atoms with Gasteiger partial charge in [-0.25, -0.2) is 0 Å². The van der Waals surface area contributed by atoms with Gasteiger partial charge < -0.3 is 15.8 Å².